The summed E-state index contributed by atoms with van der Waals surface area (Å²) in [6, 6.07) is 0. The first kappa shape index (κ1) is 41.4. The SMILES string of the molecule is CCCCCCCCCCCCCCCCCCN1C=CN(CCCCCCCCC)C1CCCCCCCCCCCC. The van der Waals surface area contributed by atoms with Crippen molar-refractivity contribution < 1.29 is 0 Å². The van der Waals surface area contributed by atoms with E-state index in [2.05, 4.69) is 43.0 Å². The van der Waals surface area contributed by atoms with E-state index in [1.807, 2.05) is 0 Å². The molecule has 0 saturated carbocycles. The molecule has 0 fully saturated rings. The molecule has 1 atom stereocenters. The Balaban J connectivity index is 2.15. The van der Waals surface area contributed by atoms with Crippen LogP contribution in [0.15, 0.2) is 12.4 Å². The van der Waals surface area contributed by atoms with Gasteiger partial charge in [0, 0.05) is 25.5 Å². The molecule has 0 aliphatic carbocycles. The average molecular weight is 617 g/mol. The largest absolute Gasteiger partial charge is 0.356 e. The standard InChI is InChI=1S/C42H84N2/c1-4-7-10-13-16-18-20-21-22-23-24-25-27-30-33-36-39-44-41-40-43(38-35-32-29-15-12-9-6-3)42(44)37-34-31-28-26-19-17-14-11-8-5-2/h40-42H,4-39H2,1-3H3. The van der Waals surface area contributed by atoms with Crippen LogP contribution in [0.4, 0.5) is 0 Å². The molecule has 0 saturated heterocycles. The van der Waals surface area contributed by atoms with Crippen LogP contribution in [0, 0.1) is 0 Å². The van der Waals surface area contributed by atoms with Crippen LogP contribution in [0.2, 0.25) is 0 Å². The first-order valence-corrected chi connectivity index (χ1v) is 21.0. The quantitative estimate of drug-likeness (QED) is 0.0646. The maximum absolute atomic E-state index is 2.72. The molecular formula is C42H84N2. The highest BCUT2D eigenvalue weighted by molar-refractivity contribution is 4.97. The molecule has 0 aromatic carbocycles. The van der Waals surface area contributed by atoms with Crippen molar-refractivity contribution in [3.05, 3.63) is 12.4 Å². The molecule has 1 aliphatic rings. The van der Waals surface area contributed by atoms with E-state index in [-0.39, 0.29) is 0 Å². The van der Waals surface area contributed by atoms with Gasteiger partial charge in [0.15, 0.2) is 0 Å². The van der Waals surface area contributed by atoms with Crippen LogP contribution < -0.4 is 0 Å². The lowest BCUT2D eigenvalue weighted by molar-refractivity contribution is 0.135. The van der Waals surface area contributed by atoms with Gasteiger partial charge >= 0.3 is 0 Å². The van der Waals surface area contributed by atoms with Crippen LogP contribution in [0.25, 0.3) is 0 Å². The van der Waals surface area contributed by atoms with Gasteiger partial charge in [-0.2, -0.15) is 0 Å². The third-order valence-corrected chi connectivity index (χ3v) is 10.3. The van der Waals surface area contributed by atoms with Crippen LogP contribution in [-0.4, -0.2) is 29.1 Å². The maximum atomic E-state index is 2.72. The second-order valence-electron chi connectivity index (χ2n) is 14.6. The zero-order valence-electron chi connectivity index (χ0n) is 31.1. The summed E-state index contributed by atoms with van der Waals surface area (Å²) in [5.41, 5.74) is 0. The van der Waals surface area contributed by atoms with Crippen LogP contribution in [0.5, 0.6) is 0 Å². The van der Waals surface area contributed by atoms with Gasteiger partial charge in [0.1, 0.15) is 6.17 Å². The number of unbranched alkanes of at least 4 members (excludes halogenated alkanes) is 30. The molecule has 0 aromatic heterocycles. The summed E-state index contributed by atoms with van der Waals surface area (Å²) < 4.78 is 0. The summed E-state index contributed by atoms with van der Waals surface area (Å²) in [6.07, 6.45) is 54.4. The molecule has 2 nitrogen and oxygen atoms in total. The van der Waals surface area contributed by atoms with Crippen molar-refractivity contribution in [3.63, 3.8) is 0 Å². The lowest BCUT2D eigenvalue weighted by Crippen LogP contribution is -2.39. The molecule has 1 unspecified atom stereocenters. The fraction of sp³-hybridized carbons (Fsp3) is 0.952. The first-order valence-electron chi connectivity index (χ1n) is 21.0. The Morgan fingerprint density at radius 1 is 0.295 bits per heavy atom. The molecular weight excluding hydrogens is 532 g/mol. The highest BCUT2D eigenvalue weighted by atomic mass is 15.4. The molecule has 0 aromatic rings. The Hall–Kier alpha value is -0.660. The van der Waals surface area contributed by atoms with Crippen molar-refractivity contribution in [3.8, 4) is 0 Å². The van der Waals surface area contributed by atoms with Crippen molar-refractivity contribution >= 4 is 0 Å². The van der Waals surface area contributed by atoms with Crippen molar-refractivity contribution in [1.82, 2.24) is 9.80 Å². The van der Waals surface area contributed by atoms with Gasteiger partial charge in [0.2, 0.25) is 0 Å². The minimum absolute atomic E-state index is 0.639. The van der Waals surface area contributed by atoms with Crippen molar-refractivity contribution in [1.29, 1.82) is 0 Å². The van der Waals surface area contributed by atoms with Crippen molar-refractivity contribution in [2.45, 2.75) is 245 Å². The number of hydrogen-bond acceptors (Lipinski definition) is 2. The second kappa shape index (κ2) is 33.7. The smallest absolute Gasteiger partial charge is 0.101 e. The van der Waals surface area contributed by atoms with Gasteiger partial charge in [-0.3, -0.25) is 0 Å². The molecule has 44 heavy (non-hydrogen) atoms. The lowest BCUT2D eigenvalue weighted by Gasteiger charge is -2.33. The summed E-state index contributed by atoms with van der Waals surface area (Å²) in [6.45, 7) is 9.48. The molecule has 0 radical (unpaired) electrons. The molecule has 1 aliphatic heterocycles. The predicted molar refractivity (Wildman–Crippen MR) is 200 cm³/mol. The topological polar surface area (TPSA) is 6.48 Å². The summed E-state index contributed by atoms with van der Waals surface area (Å²) >= 11 is 0. The summed E-state index contributed by atoms with van der Waals surface area (Å²) in [5.74, 6) is 0. The van der Waals surface area contributed by atoms with E-state index in [0.717, 1.165) is 0 Å². The second-order valence-corrected chi connectivity index (χ2v) is 14.6. The van der Waals surface area contributed by atoms with Gasteiger partial charge in [-0.1, -0.05) is 213 Å². The Morgan fingerprint density at radius 3 is 0.795 bits per heavy atom. The molecule has 0 bridgehead atoms. The Bertz CT molecular complexity index is 572. The third kappa shape index (κ3) is 25.5. The van der Waals surface area contributed by atoms with E-state index in [4.69, 9.17) is 0 Å². The monoisotopic (exact) mass is 617 g/mol. The zero-order valence-corrected chi connectivity index (χ0v) is 31.1. The van der Waals surface area contributed by atoms with Gasteiger partial charge in [-0.15, -0.1) is 0 Å². The van der Waals surface area contributed by atoms with Crippen LogP contribution in [-0.2, 0) is 0 Å². The molecule has 1 heterocycles. The van der Waals surface area contributed by atoms with Crippen LogP contribution in [0.1, 0.15) is 239 Å². The van der Waals surface area contributed by atoms with Gasteiger partial charge < -0.3 is 9.80 Å². The van der Waals surface area contributed by atoms with Crippen molar-refractivity contribution in [2.75, 3.05) is 13.1 Å². The average Bonchev–Trinajstić information content (AvgIpc) is 3.42. The summed E-state index contributed by atoms with van der Waals surface area (Å²) in [7, 11) is 0. The van der Waals surface area contributed by atoms with Gasteiger partial charge in [0.25, 0.3) is 0 Å². The Morgan fingerprint density at radius 2 is 0.523 bits per heavy atom. The van der Waals surface area contributed by atoms with Crippen LogP contribution in [0.3, 0.4) is 0 Å². The number of hydrogen-bond donors (Lipinski definition) is 0. The molecule has 0 spiro atoms. The highest BCUT2D eigenvalue weighted by Gasteiger charge is 2.24. The lowest BCUT2D eigenvalue weighted by atomic mass is 10.0. The molecule has 262 valence electrons. The highest BCUT2D eigenvalue weighted by Crippen LogP contribution is 2.24. The predicted octanol–water partition coefficient (Wildman–Crippen LogP) is 14.7. The number of rotatable bonds is 36. The molecule has 0 N–H and O–H groups in total. The Kier molecular flexibility index (Phi) is 31.7. The summed E-state index contributed by atoms with van der Waals surface area (Å²) in [4.78, 5) is 5.44. The number of nitrogens with zero attached hydrogens (tertiary/aromatic N) is 2. The van der Waals surface area contributed by atoms with Gasteiger partial charge in [-0.25, -0.2) is 0 Å². The first-order chi connectivity index (χ1) is 21.8. The zero-order chi connectivity index (χ0) is 31.6. The van der Waals surface area contributed by atoms with E-state index in [9.17, 15) is 0 Å². The van der Waals surface area contributed by atoms with E-state index in [1.165, 1.54) is 231 Å². The molecule has 1 rings (SSSR count). The van der Waals surface area contributed by atoms with E-state index in [1.54, 1.807) is 0 Å². The van der Waals surface area contributed by atoms with E-state index in [0.29, 0.717) is 6.17 Å². The fourth-order valence-electron chi connectivity index (χ4n) is 7.25. The maximum Gasteiger partial charge on any atom is 0.101 e. The normalized spacial score (nSPS) is 14.8. The van der Waals surface area contributed by atoms with E-state index < -0.39 is 0 Å². The Labute approximate surface area is 280 Å². The van der Waals surface area contributed by atoms with Crippen molar-refractivity contribution in [2.24, 2.45) is 0 Å². The third-order valence-electron chi connectivity index (χ3n) is 10.3. The molecule has 2 heteroatoms. The van der Waals surface area contributed by atoms with Gasteiger partial charge in [-0.05, 0) is 25.7 Å². The fourth-order valence-corrected chi connectivity index (χ4v) is 7.25. The minimum Gasteiger partial charge on any atom is -0.356 e. The van der Waals surface area contributed by atoms with E-state index >= 15 is 0 Å². The minimum atomic E-state index is 0.639. The van der Waals surface area contributed by atoms with Gasteiger partial charge in [0.05, 0.1) is 0 Å². The summed E-state index contributed by atoms with van der Waals surface area (Å²) in [5, 5.41) is 0. The molecule has 0 amide bonds. The van der Waals surface area contributed by atoms with Crippen LogP contribution >= 0.6 is 0 Å².